The predicted octanol–water partition coefficient (Wildman–Crippen LogP) is 3.71. The van der Waals surface area contributed by atoms with Crippen LogP contribution in [0.4, 0.5) is 0 Å². The van der Waals surface area contributed by atoms with Crippen LogP contribution in [0.2, 0.25) is 0 Å². The minimum atomic E-state index is -0.769. The van der Waals surface area contributed by atoms with E-state index in [1.165, 1.54) is 10.6 Å². The molecule has 3 aromatic rings. The van der Waals surface area contributed by atoms with E-state index in [0.717, 1.165) is 38.0 Å². The summed E-state index contributed by atoms with van der Waals surface area (Å²) in [5.41, 5.74) is 2.71. The Balaban J connectivity index is 1.22. The van der Waals surface area contributed by atoms with Crippen molar-refractivity contribution < 1.29 is 30.0 Å². The number of carbonyl (C=O) groups is 2. The van der Waals surface area contributed by atoms with Gasteiger partial charge in [-0.25, -0.2) is 4.57 Å². The van der Waals surface area contributed by atoms with Crippen molar-refractivity contribution in [2.24, 2.45) is 11.8 Å². The first-order chi connectivity index (χ1) is 19.6. The van der Waals surface area contributed by atoms with E-state index < -0.39 is 5.97 Å². The minimum absolute atomic E-state index is 0.00494. The molecule has 41 heavy (non-hydrogen) atoms. The van der Waals surface area contributed by atoms with Crippen LogP contribution in [0.1, 0.15) is 56.6 Å². The SMILES string of the molecule is CC(C)c1cc(-c2nnc(O)n2-c2ccc(CN3CCC(C(=O)N4CCC(C(=O)O)CC4)CC3)cc2)c(O)cc1O. The van der Waals surface area contributed by atoms with Gasteiger partial charge in [0.1, 0.15) is 11.5 Å². The van der Waals surface area contributed by atoms with E-state index in [-0.39, 0.29) is 47.0 Å². The fraction of sp³-hybridized carbons (Fsp3) is 0.467. The van der Waals surface area contributed by atoms with Gasteiger partial charge in [0.2, 0.25) is 5.91 Å². The first-order valence-corrected chi connectivity index (χ1v) is 14.2. The number of aromatic hydroxyl groups is 3. The molecule has 11 nitrogen and oxygen atoms in total. The maximum atomic E-state index is 13.0. The summed E-state index contributed by atoms with van der Waals surface area (Å²) in [4.78, 5) is 28.3. The average Bonchev–Trinajstić information content (AvgIpc) is 3.34. The van der Waals surface area contributed by atoms with Crippen molar-refractivity contribution in [3.8, 4) is 34.6 Å². The van der Waals surface area contributed by atoms with E-state index in [2.05, 4.69) is 15.1 Å². The van der Waals surface area contributed by atoms with Crippen molar-refractivity contribution in [2.45, 2.75) is 52.0 Å². The Morgan fingerprint density at radius 3 is 2.12 bits per heavy atom. The highest BCUT2D eigenvalue weighted by atomic mass is 16.4. The van der Waals surface area contributed by atoms with Gasteiger partial charge in [-0.05, 0) is 74.0 Å². The number of phenolic OH excluding ortho intramolecular Hbond substituents is 2. The molecule has 218 valence electrons. The molecule has 4 N–H and O–H groups in total. The monoisotopic (exact) mass is 563 g/mol. The molecule has 2 aliphatic heterocycles. The third kappa shape index (κ3) is 6.00. The molecule has 2 fully saturated rings. The van der Waals surface area contributed by atoms with Crippen LogP contribution in [0.15, 0.2) is 36.4 Å². The number of nitrogens with zero attached hydrogens (tertiary/aromatic N) is 5. The number of aromatic nitrogens is 3. The second-order valence-electron chi connectivity index (χ2n) is 11.4. The second-order valence-corrected chi connectivity index (χ2v) is 11.4. The quantitative estimate of drug-likeness (QED) is 0.337. The van der Waals surface area contributed by atoms with Crippen LogP contribution in [0.3, 0.4) is 0 Å². The number of aliphatic carboxylic acids is 1. The van der Waals surface area contributed by atoms with Gasteiger partial charge in [-0.2, -0.15) is 0 Å². The topological polar surface area (TPSA) is 152 Å². The summed E-state index contributed by atoms with van der Waals surface area (Å²) >= 11 is 0. The molecule has 0 unspecified atom stereocenters. The highest BCUT2D eigenvalue weighted by molar-refractivity contribution is 5.79. The zero-order valence-electron chi connectivity index (χ0n) is 23.4. The molecular weight excluding hydrogens is 526 g/mol. The number of rotatable bonds is 7. The number of phenols is 2. The summed E-state index contributed by atoms with van der Waals surface area (Å²) in [6.07, 6.45) is 2.61. The van der Waals surface area contributed by atoms with E-state index in [0.29, 0.717) is 42.7 Å². The van der Waals surface area contributed by atoms with E-state index in [1.54, 1.807) is 6.07 Å². The molecule has 2 aliphatic rings. The molecule has 11 heteroatoms. The summed E-state index contributed by atoms with van der Waals surface area (Å²) in [6.45, 7) is 7.25. The van der Waals surface area contributed by atoms with Crippen molar-refractivity contribution in [2.75, 3.05) is 26.2 Å². The number of carboxylic acid groups (broad SMARTS) is 1. The van der Waals surface area contributed by atoms with Crippen LogP contribution in [0.25, 0.3) is 17.1 Å². The molecule has 2 aromatic carbocycles. The summed E-state index contributed by atoms with van der Waals surface area (Å²) in [5.74, 6) is -0.870. The number of benzene rings is 2. The molecular formula is C30H37N5O6. The molecule has 2 saturated heterocycles. The Labute approximate surface area is 238 Å². The van der Waals surface area contributed by atoms with Gasteiger partial charge in [-0.3, -0.25) is 14.5 Å². The Kier molecular flexibility index (Phi) is 8.16. The van der Waals surface area contributed by atoms with E-state index in [9.17, 15) is 30.0 Å². The van der Waals surface area contributed by atoms with Gasteiger partial charge in [-0.15, -0.1) is 5.10 Å². The summed E-state index contributed by atoms with van der Waals surface area (Å²) < 4.78 is 1.45. The Morgan fingerprint density at radius 1 is 0.878 bits per heavy atom. The van der Waals surface area contributed by atoms with Crippen LogP contribution in [0.5, 0.6) is 17.5 Å². The van der Waals surface area contributed by atoms with Crippen molar-refractivity contribution in [3.05, 3.63) is 47.5 Å². The van der Waals surface area contributed by atoms with Crippen LogP contribution >= 0.6 is 0 Å². The van der Waals surface area contributed by atoms with Crippen LogP contribution < -0.4 is 0 Å². The molecule has 5 rings (SSSR count). The van der Waals surface area contributed by atoms with Gasteiger partial charge in [0, 0.05) is 31.6 Å². The predicted molar refractivity (Wildman–Crippen MR) is 151 cm³/mol. The molecule has 0 saturated carbocycles. The molecule has 0 atom stereocenters. The number of hydrogen-bond acceptors (Lipinski definition) is 8. The zero-order chi connectivity index (χ0) is 29.3. The zero-order valence-corrected chi connectivity index (χ0v) is 23.4. The second kappa shape index (κ2) is 11.8. The molecule has 1 amide bonds. The van der Waals surface area contributed by atoms with Crippen LogP contribution in [0, 0.1) is 11.8 Å². The van der Waals surface area contributed by atoms with Crippen LogP contribution in [-0.2, 0) is 16.1 Å². The lowest BCUT2D eigenvalue weighted by molar-refractivity contribution is -0.147. The summed E-state index contributed by atoms with van der Waals surface area (Å²) in [7, 11) is 0. The molecule has 3 heterocycles. The molecule has 0 radical (unpaired) electrons. The Hall–Kier alpha value is -4.12. The van der Waals surface area contributed by atoms with Crippen molar-refractivity contribution >= 4 is 11.9 Å². The largest absolute Gasteiger partial charge is 0.508 e. The fourth-order valence-corrected chi connectivity index (χ4v) is 5.88. The van der Waals surface area contributed by atoms with Crippen molar-refractivity contribution in [3.63, 3.8) is 0 Å². The molecule has 0 spiro atoms. The third-order valence-electron chi connectivity index (χ3n) is 8.35. The first kappa shape index (κ1) is 28.4. The number of amides is 1. The number of carbonyl (C=O) groups excluding carboxylic acids is 1. The smallest absolute Gasteiger partial charge is 0.319 e. The van der Waals surface area contributed by atoms with Gasteiger partial charge in [0.15, 0.2) is 5.82 Å². The summed E-state index contributed by atoms with van der Waals surface area (Å²) in [6, 6.07) is 10.3. The maximum Gasteiger partial charge on any atom is 0.319 e. The highest BCUT2D eigenvalue weighted by Crippen LogP contribution is 2.39. The lowest BCUT2D eigenvalue weighted by Crippen LogP contribution is -2.46. The lowest BCUT2D eigenvalue weighted by Gasteiger charge is -2.36. The molecule has 1 aromatic heterocycles. The third-order valence-corrected chi connectivity index (χ3v) is 8.35. The van der Waals surface area contributed by atoms with Crippen molar-refractivity contribution in [1.29, 1.82) is 0 Å². The van der Waals surface area contributed by atoms with Gasteiger partial charge >= 0.3 is 12.0 Å². The normalized spacial score (nSPS) is 17.3. The van der Waals surface area contributed by atoms with E-state index >= 15 is 0 Å². The first-order valence-electron chi connectivity index (χ1n) is 14.2. The van der Waals surface area contributed by atoms with Gasteiger partial charge in [0.05, 0.1) is 17.2 Å². The highest BCUT2D eigenvalue weighted by Gasteiger charge is 2.32. The maximum absolute atomic E-state index is 13.0. The molecule has 0 aliphatic carbocycles. The molecule has 0 bridgehead atoms. The Morgan fingerprint density at radius 2 is 1.51 bits per heavy atom. The van der Waals surface area contributed by atoms with Crippen molar-refractivity contribution in [1.82, 2.24) is 24.6 Å². The van der Waals surface area contributed by atoms with Gasteiger partial charge < -0.3 is 25.3 Å². The number of hydrogen-bond donors (Lipinski definition) is 4. The summed E-state index contributed by atoms with van der Waals surface area (Å²) in [5, 5.41) is 48.4. The number of carboxylic acids is 1. The average molecular weight is 564 g/mol. The minimum Gasteiger partial charge on any atom is -0.508 e. The Bertz CT molecular complexity index is 1400. The standard InChI is InChI=1S/C30H37N5O6/c1-18(2)23-15-24(26(37)16-25(23)36)27-31-32-30(41)35(27)22-5-3-19(4-6-22)17-33-11-7-20(8-12-33)28(38)34-13-9-21(10-14-34)29(39)40/h3-6,15-16,18,20-21,36-37H,7-14,17H2,1-2H3,(H,32,41)(H,39,40). The van der Waals surface area contributed by atoms with Gasteiger partial charge in [0.25, 0.3) is 0 Å². The van der Waals surface area contributed by atoms with E-state index in [1.807, 2.05) is 43.0 Å². The van der Waals surface area contributed by atoms with Gasteiger partial charge in [-0.1, -0.05) is 31.1 Å². The number of piperidine rings is 2. The number of likely N-dealkylation sites (tertiary alicyclic amines) is 2. The van der Waals surface area contributed by atoms with E-state index in [4.69, 9.17) is 0 Å². The van der Waals surface area contributed by atoms with Crippen LogP contribution in [-0.4, -0.2) is 83.0 Å². The lowest BCUT2D eigenvalue weighted by atomic mass is 9.92. The fourth-order valence-electron chi connectivity index (χ4n) is 5.88.